The van der Waals surface area contributed by atoms with E-state index in [2.05, 4.69) is 10.1 Å². The van der Waals surface area contributed by atoms with E-state index in [4.69, 9.17) is 4.74 Å². The van der Waals surface area contributed by atoms with Gasteiger partial charge in [-0.3, -0.25) is 4.79 Å². The van der Waals surface area contributed by atoms with Crippen molar-refractivity contribution in [3.05, 3.63) is 58.0 Å². The largest absolute Gasteiger partial charge is 0.493 e. The van der Waals surface area contributed by atoms with Crippen LogP contribution in [0.4, 0.5) is 0 Å². The van der Waals surface area contributed by atoms with Crippen LogP contribution in [0.3, 0.4) is 0 Å². The molecule has 0 amide bonds. The highest BCUT2D eigenvalue weighted by Gasteiger charge is 2.18. The van der Waals surface area contributed by atoms with Crippen molar-refractivity contribution in [1.82, 2.24) is 14.6 Å². The minimum atomic E-state index is -0.304. The number of para-hydroxylation sites is 1. The van der Waals surface area contributed by atoms with Crippen LogP contribution in [0.5, 0.6) is 11.6 Å². The fourth-order valence-corrected chi connectivity index (χ4v) is 2.37. The summed E-state index contributed by atoms with van der Waals surface area (Å²) < 4.78 is 6.99. The van der Waals surface area contributed by atoms with Crippen LogP contribution in [0.1, 0.15) is 30.9 Å². The molecule has 2 aromatic heterocycles. The summed E-state index contributed by atoms with van der Waals surface area (Å²) in [5.41, 5.74) is 1.17. The van der Waals surface area contributed by atoms with Crippen LogP contribution in [0.25, 0.3) is 5.65 Å². The number of nitrogens with zero attached hydrogens (tertiary/aromatic N) is 2. The predicted octanol–water partition coefficient (Wildman–Crippen LogP) is 2.43. The van der Waals surface area contributed by atoms with Gasteiger partial charge in [-0.05, 0) is 18.1 Å². The summed E-state index contributed by atoms with van der Waals surface area (Å²) in [4.78, 5) is 14.9. The molecule has 0 fully saturated rings. The highest BCUT2D eigenvalue weighted by atomic mass is 16.5. The van der Waals surface area contributed by atoms with Gasteiger partial charge in [-0.15, -0.1) is 0 Å². The third-order valence-electron chi connectivity index (χ3n) is 3.48. The van der Waals surface area contributed by atoms with Gasteiger partial charge in [-0.1, -0.05) is 32.0 Å². The Hall–Kier alpha value is -2.76. The average molecular weight is 299 g/mol. The highest BCUT2D eigenvalue weighted by Crippen LogP contribution is 2.23. The number of hydrogen-bond donors (Lipinski definition) is 2. The Morgan fingerprint density at radius 3 is 2.73 bits per heavy atom. The van der Waals surface area contributed by atoms with Gasteiger partial charge in [0.1, 0.15) is 18.0 Å². The summed E-state index contributed by atoms with van der Waals surface area (Å²) in [5, 5.41) is 14.4. The summed E-state index contributed by atoms with van der Waals surface area (Å²) in [6.07, 6.45) is 1.58. The van der Waals surface area contributed by atoms with E-state index in [0.717, 1.165) is 5.75 Å². The average Bonchev–Trinajstić information content (AvgIpc) is 2.89. The Morgan fingerprint density at radius 1 is 1.32 bits per heavy atom. The summed E-state index contributed by atoms with van der Waals surface area (Å²) >= 11 is 0. The van der Waals surface area contributed by atoms with E-state index in [-0.39, 0.29) is 24.0 Å². The van der Waals surface area contributed by atoms with Crippen molar-refractivity contribution < 1.29 is 9.84 Å². The smallest absolute Gasteiger partial charge is 0.258 e. The monoisotopic (exact) mass is 299 g/mol. The summed E-state index contributed by atoms with van der Waals surface area (Å²) in [5.74, 6) is 0.508. The molecule has 0 unspecified atom stereocenters. The topological polar surface area (TPSA) is 79.6 Å². The van der Waals surface area contributed by atoms with Gasteiger partial charge in [0.25, 0.3) is 5.56 Å². The lowest BCUT2D eigenvalue weighted by molar-refractivity contribution is 0.307. The molecule has 1 aromatic carbocycles. The van der Waals surface area contributed by atoms with Crippen molar-refractivity contribution in [3.8, 4) is 11.6 Å². The number of aromatic nitrogens is 3. The first kappa shape index (κ1) is 14.2. The van der Waals surface area contributed by atoms with E-state index in [1.807, 2.05) is 44.2 Å². The van der Waals surface area contributed by atoms with Crippen LogP contribution in [0.15, 0.2) is 41.3 Å². The van der Waals surface area contributed by atoms with Crippen LogP contribution in [-0.2, 0) is 6.61 Å². The van der Waals surface area contributed by atoms with E-state index in [9.17, 15) is 9.90 Å². The number of aromatic hydroxyl groups is 1. The Balaban J connectivity index is 1.97. The molecule has 3 rings (SSSR count). The molecule has 0 aliphatic rings. The molecule has 0 saturated carbocycles. The highest BCUT2D eigenvalue weighted by molar-refractivity contribution is 5.49. The molecule has 6 heteroatoms. The normalized spacial score (nSPS) is 11.2. The van der Waals surface area contributed by atoms with E-state index < -0.39 is 0 Å². The van der Waals surface area contributed by atoms with Crippen LogP contribution in [0, 0.1) is 0 Å². The maximum atomic E-state index is 12.1. The molecule has 0 spiro atoms. The predicted molar refractivity (Wildman–Crippen MR) is 82.3 cm³/mol. The second-order valence-corrected chi connectivity index (χ2v) is 5.38. The van der Waals surface area contributed by atoms with Crippen LogP contribution in [-0.4, -0.2) is 19.7 Å². The molecule has 0 atom stereocenters. The number of ether oxygens (including phenoxy) is 1. The Labute approximate surface area is 127 Å². The lowest BCUT2D eigenvalue weighted by Gasteiger charge is -2.09. The minimum Gasteiger partial charge on any atom is -0.493 e. The SMILES string of the molecule is CC(C)c1c(O)n2ncc(COc3ccccc3)c2[nH]c1=O. The lowest BCUT2D eigenvalue weighted by Crippen LogP contribution is -2.17. The van der Waals surface area contributed by atoms with E-state index >= 15 is 0 Å². The zero-order valence-electron chi connectivity index (χ0n) is 12.4. The number of aromatic amines is 1. The molecule has 6 nitrogen and oxygen atoms in total. The maximum absolute atomic E-state index is 12.1. The molecule has 2 N–H and O–H groups in total. The molecule has 0 bridgehead atoms. The van der Waals surface area contributed by atoms with Crippen molar-refractivity contribution in [2.75, 3.05) is 0 Å². The van der Waals surface area contributed by atoms with Crippen molar-refractivity contribution >= 4 is 5.65 Å². The number of benzene rings is 1. The number of hydrogen-bond acceptors (Lipinski definition) is 4. The fourth-order valence-electron chi connectivity index (χ4n) is 2.37. The number of rotatable bonds is 4. The van der Waals surface area contributed by atoms with Gasteiger partial charge in [0.2, 0.25) is 5.88 Å². The summed E-state index contributed by atoms with van der Waals surface area (Å²) in [6.45, 7) is 3.95. The third kappa shape index (κ3) is 2.43. The molecule has 114 valence electrons. The molecule has 0 aliphatic heterocycles. The number of fused-ring (bicyclic) bond motifs is 1. The maximum Gasteiger partial charge on any atom is 0.258 e. The first-order chi connectivity index (χ1) is 10.6. The first-order valence-corrected chi connectivity index (χ1v) is 7.07. The standard InChI is InChI=1S/C16H17N3O3/c1-10(2)13-15(20)18-14-11(8-17-19(14)16(13)21)9-22-12-6-4-3-5-7-12/h3-8,10,21H,9H2,1-2H3,(H,18,20). The van der Waals surface area contributed by atoms with Gasteiger partial charge >= 0.3 is 0 Å². The third-order valence-corrected chi connectivity index (χ3v) is 3.48. The summed E-state index contributed by atoms with van der Waals surface area (Å²) in [7, 11) is 0. The van der Waals surface area contributed by atoms with E-state index in [1.165, 1.54) is 4.52 Å². The molecule has 2 heterocycles. The van der Waals surface area contributed by atoms with Crippen molar-refractivity contribution in [2.24, 2.45) is 0 Å². The molecule has 0 aliphatic carbocycles. The van der Waals surface area contributed by atoms with Crippen molar-refractivity contribution in [3.63, 3.8) is 0 Å². The number of H-pyrrole nitrogens is 1. The lowest BCUT2D eigenvalue weighted by atomic mass is 10.1. The molecule has 3 aromatic rings. The van der Waals surface area contributed by atoms with Gasteiger partial charge in [0, 0.05) is 0 Å². The van der Waals surface area contributed by atoms with E-state index in [1.54, 1.807) is 6.20 Å². The zero-order chi connectivity index (χ0) is 15.7. The molecule has 0 saturated heterocycles. The molecule has 0 radical (unpaired) electrons. The van der Waals surface area contributed by atoms with E-state index in [0.29, 0.717) is 16.8 Å². The number of nitrogens with one attached hydrogen (secondary N) is 1. The van der Waals surface area contributed by atoms with Gasteiger partial charge < -0.3 is 14.8 Å². The van der Waals surface area contributed by atoms with Crippen LogP contribution >= 0.6 is 0 Å². The minimum absolute atomic E-state index is 0.0960. The Kier molecular flexibility index (Phi) is 3.58. The fraction of sp³-hybridized carbons (Fsp3) is 0.250. The van der Waals surface area contributed by atoms with Crippen LogP contribution in [0.2, 0.25) is 0 Å². The van der Waals surface area contributed by atoms with Crippen LogP contribution < -0.4 is 10.3 Å². The zero-order valence-corrected chi connectivity index (χ0v) is 12.4. The molecule has 22 heavy (non-hydrogen) atoms. The molecular weight excluding hydrogens is 282 g/mol. The first-order valence-electron chi connectivity index (χ1n) is 7.07. The Morgan fingerprint density at radius 2 is 2.05 bits per heavy atom. The van der Waals surface area contributed by atoms with Gasteiger partial charge in [-0.2, -0.15) is 9.61 Å². The van der Waals surface area contributed by atoms with Crippen molar-refractivity contribution in [2.45, 2.75) is 26.4 Å². The van der Waals surface area contributed by atoms with Gasteiger partial charge in [0.05, 0.1) is 17.3 Å². The van der Waals surface area contributed by atoms with Gasteiger partial charge in [-0.25, -0.2) is 0 Å². The second kappa shape index (κ2) is 5.55. The second-order valence-electron chi connectivity index (χ2n) is 5.38. The molecular formula is C16H17N3O3. The summed E-state index contributed by atoms with van der Waals surface area (Å²) in [6, 6.07) is 9.37. The quantitative estimate of drug-likeness (QED) is 0.775. The van der Waals surface area contributed by atoms with Crippen molar-refractivity contribution in [1.29, 1.82) is 0 Å². The Bertz CT molecular complexity index is 850. The van der Waals surface area contributed by atoms with Gasteiger partial charge in [0.15, 0.2) is 0 Å².